The molecule has 0 fully saturated rings. The van der Waals surface area contributed by atoms with E-state index >= 15 is 0 Å². The van der Waals surface area contributed by atoms with E-state index in [0.717, 1.165) is 11.1 Å². The highest BCUT2D eigenvalue weighted by Crippen LogP contribution is 2.16. The molecule has 2 rings (SSSR count). The summed E-state index contributed by atoms with van der Waals surface area (Å²) in [7, 11) is 0. The molecule has 84 valence electrons. The van der Waals surface area contributed by atoms with Crippen molar-refractivity contribution in [3.63, 3.8) is 0 Å². The standard InChI is InChI=1S/C11H11BrFN3/c12-10-2-1-8(3-11(10)13)4-14-5-9-6-15-16-7-9/h1-3,6-7,14H,4-5H2,(H,15,16). The second-order valence-corrected chi connectivity index (χ2v) is 4.31. The topological polar surface area (TPSA) is 40.7 Å². The van der Waals surface area contributed by atoms with Crippen LogP contribution in [0.25, 0.3) is 0 Å². The Kier molecular flexibility index (Phi) is 3.69. The summed E-state index contributed by atoms with van der Waals surface area (Å²) in [6.45, 7) is 1.35. The van der Waals surface area contributed by atoms with E-state index in [-0.39, 0.29) is 5.82 Å². The van der Waals surface area contributed by atoms with Gasteiger partial charge >= 0.3 is 0 Å². The molecule has 3 nitrogen and oxygen atoms in total. The van der Waals surface area contributed by atoms with Gasteiger partial charge < -0.3 is 5.32 Å². The Morgan fingerprint density at radius 1 is 1.31 bits per heavy atom. The SMILES string of the molecule is Fc1cc(CNCc2cn[nH]c2)ccc1Br. The molecule has 0 spiro atoms. The summed E-state index contributed by atoms with van der Waals surface area (Å²) in [5, 5.41) is 9.79. The maximum absolute atomic E-state index is 13.2. The first-order chi connectivity index (χ1) is 7.75. The molecule has 0 unspecified atom stereocenters. The molecule has 2 N–H and O–H groups in total. The number of H-pyrrole nitrogens is 1. The minimum absolute atomic E-state index is 0.234. The van der Waals surface area contributed by atoms with Gasteiger partial charge in [0.05, 0.1) is 10.7 Å². The number of hydrogen-bond donors (Lipinski definition) is 2. The van der Waals surface area contributed by atoms with Crippen LogP contribution in [-0.2, 0) is 13.1 Å². The van der Waals surface area contributed by atoms with Crippen LogP contribution in [0.3, 0.4) is 0 Å². The van der Waals surface area contributed by atoms with Crippen LogP contribution in [-0.4, -0.2) is 10.2 Å². The smallest absolute Gasteiger partial charge is 0.137 e. The molecule has 0 aliphatic rings. The number of nitrogens with one attached hydrogen (secondary N) is 2. The molecular formula is C11H11BrFN3. The first kappa shape index (κ1) is 11.3. The average Bonchev–Trinajstić information content (AvgIpc) is 2.76. The first-order valence-corrected chi connectivity index (χ1v) is 5.67. The Labute approximate surface area is 101 Å². The minimum Gasteiger partial charge on any atom is -0.309 e. The molecule has 0 aliphatic heterocycles. The van der Waals surface area contributed by atoms with E-state index in [4.69, 9.17) is 0 Å². The van der Waals surface area contributed by atoms with Gasteiger partial charge in [0.1, 0.15) is 5.82 Å². The van der Waals surface area contributed by atoms with E-state index in [0.29, 0.717) is 17.6 Å². The molecule has 1 aromatic heterocycles. The van der Waals surface area contributed by atoms with Crippen LogP contribution < -0.4 is 5.32 Å². The van der Waals surface area contributed by atoms with Gasteiger partial charge in [-0.1, -0.05) is 6.07 Å². The molecule has 0 saturated carbocycles. The van der Waals surface area contributed by atoms with Crippen LogP contribution in [0.2, 0.25) is 0 Å². The molecule has 0 amide bonds. The molecule has 0 saturated heterocycles. The first-order valence-electron chi connectivity index (χ1n) is 4.88. The molecule has 0 atom stereocenters. The zero-order valence-corrected chi connectivity index (χ0v) is 10.1. The highest BCUT2D eigenvalue weighted by Gasteiger charge is 2.00. The van der Waals surface area contributed by atoms with Crippen LogP contribution >= 0.6 is 15.9 Å². The number of halogens is 2. The van der Waals surface area contributed by atoms with Crippen molar-refractivity contribution in [1.82, 2.24) is 15.5 Å². The van der Waals surface area contributed by atoms with E-state index < -0.39 is 0 Å². The van der Waals surface area contributed by atoms with Crippen molar-refractivity contribution < 1.29 is 4.39 Å². The van der Waals surface area contributed by atoms with Crippen molar-refractivity contribution in [2.24, 2.45) is 0 Å². The summed E-state index contributed by atoms with van der Waals surface area (Å²) in [6, 6.07) is 5.12. The van der Waals surface area contributed by atoms with Gasteiger partial charge in [-0.3, -0.25) is 5.10 Å². The predicted octanol–water partition coefficient (Wildman–Crippen LogP) is 2.60. The summed E-state index contributed by atoms with van der Waals surface area (Å²) in [5.74, 6) is -0.234. The van der Waals surface area contributed by atoms with Gasteiger partial charge in [0, 0.05) is 24.8 Å². The molecule has 16 heavy (non-hydrogen) atoms. The largest absolute Gasteiger partial charge is 0.309 e. The number of benzene rings is 1. The van der Waals surface area contributed by atoms with Crippen LogP contribution in [0.5, 0.6) is 0 Å². The van der Waals surface area contributed by atoms with Gasteiger partial charge in [0.15, 0.2) is 0 Å². The van der Waals surface area contributed by atoms with Gasteiger partial charge in [0.25, 0.3) is 0 Å². The second-order valence-electron chi connectivity index (χ2n) is 3.46. The number of aromatic nitrogens is 2. The zero-order chi connectivity index (χ0) is 11.4. The third-order valence-electron chi connectivity index (χ3n) is 2.20. The molecule has 0 radical (unpaired) electrons. The molecular weight excluding hydrogens is 273 g/mol. The van der Waals surface area contributed by atoms with Crippen molar-refractivity contribution in [3.05, 3.63) is 52.0 Å². The van der Waals surface area contributed by atoms with Crippen LogP contribution in [0.1, 0.15) is 11.1 Å². The summed E-state index contributed by atoms with van der Waals surface area (Å²) in [4.78, 5) is 0. The van der Waals surface area contributed by atoms with Crippen LogP contribution in [0, 0.1) is 5.82 Å². The van der Waals surface area contributed by atoms with E-state index in [2.05, 4.69) is 31.4 Å². The molecule has 0 bridgehead atoms. The van der Waals surface area contributed by atoms with E-state index in [9.17, 15) is 4.39 Å². The molecule has 2 aromatic rings. The number of aromatic amines is 1. The maximum atomic E-state index is 13.2. The van der Waals surface area contributed by atoms with Gasteiger partial charge in [-0.25, -0.2) is 4.39 Å². The van der Waals surface area contributed by atoms with E-state index in [1.165, 1.54) is 6.07 Å². The lowest BCUT2D eigenvalue weighted by Crippen LogP contribution is -2.12. The maximum Gasteiger partial charge on any atom is 0.137 e. The number of hydrogen-bond acceptors (Lipinski definition) is 2. The van der Waals surface area contributed by atoms with Crippen LogP contribution in [0.4, 0.5) is 4.39 Å². The summed E-state index contributed by atoms with van der Waals surface area (Å²) >= 11 is 3.12. The van der Waals surface area contributed by atoms with Gasteiger partial charge in [0.2, 0.25) is 0 Å². The summed E-state index contributed by atoms with van der Waals surface area (Å²) in [6.07, 6.45) is 3.59. The monoisotopic (exact) mass is 283 g/mol. The summed E-state index contributed by atoms with van der Waals surface area (Å²) in [5.41, 5.74) is 2.00. The zero-order valence-electron chi connectivity index (χ0n) is 8.50. The molecule has 0 aliphatic carbocycles. The Hall–Kier alpha value is -1.20. The second kappa shape index (κ2) is 5.23. The Morgan fingerprint density at radius 2 is 2.12 bits per heavy atom. The normalized spacial score (nSPS) is 10.6. The van der Waals surface area contributed by atoms with Crippen molar-refractivity contribution in [2.75, 3.05) is 0 Å². The lowest BCUT2D eigenvalue weighted by Gasteiger charge is -2.04. The highest BCUT2D eigenvalue weighted by molar-refractivity contribution is 9.10. The van der Waals surface area contributed by atoms with Crippen molar-refractivity contribution >= 4 is 15.9 Å². The quantitative estimate of drug-likeness (QED) is 0.906. The average molecular weight is 284 g/mol. The third kappa shape index (κ3) is 2.90. The number of rotatable bonds is 4. The molecule has 5 heteroatoms. The van der Waals surface area contributed by atoms with Crippen molar-refractivity contribution in [3.8, 4) is 0 Å². The van der Waals surface area contributed by atoms with Crippen molar-refractivity contribution in [1.29, 1.82) is 0 Å². The Morgan fingerprint density at radius 3 is 2.81 bits per heavy atom. The van der Waals surface area contributed by atoms with Gasteiger partial charge in [-0.2, -0.15) is 5.10 Å². The van der Waals surface area contributed by atoms with Gasteiger partial charge in [-0.15, -0.1) is 0 Å². The van der Waals surface area contributed by atoms with Crippen LogP contribution in [0.15, 0.2) is 35.1 Å². The minimum atomic E-state index is -0.234. The van der Waals surface area contributed by atoms with E-state index in [1.54, 1.807) is 12.3 Å². The Bertz CT molecular complexity index is 456. The third-order valence-corrected chi connectivity index (χ3v) is 2.84. The molecule has 1 heterocycles. The number of nitrogens with zero attached hydrogens (tertiary/aromatic N) is 1. The Balaban J connectivity index is 1.87. The van der Waals surface area contributed by atoms with E-state index in [1.807, 2.05) is 12.3 Å². The van der Waals surface area contributed by atoms with Gasteiger partial charge in [-0.05, 0) is 33.6 Å². The highest BCUT2D eigenvalue weighted by atomic mass is 79.9. The van der Waals surface area contributed by atoms with Crippen molar-refractivity contribution in [2.45, 2.75) is 13.1 Å². The fourth-order valence-corrected chi connectivity index (χ4v) is 1.62. The lowest BCUT2D eigenvalue weighted by atomic mass is 10.2. The molecule has 1 aromatic carbocycles. The lowest BCUT2D eigenvalue weighted by molar-refractivity contribution is 0.614. The fraction of sp³-hybridized carbons (Fsp3) is 0.182. The summed E-state index contributed by atoms with van der Waals surface area (Å²) < 4.78 is 13.7. The predicted molar refractivity (Wildman–Crippen MR) is 63.2 cm³/mol. The fourth-order valence-electron chi connectivity index (χ4n) is 1.38.